The largest absolute Gasteiger partial charge is 0.409 e. The van der Waals surface area contributed by atoms with Crippen LogP contribution in [0.2, 0.25) is 0 Å². The number of amidine groups is 1. The standard InChI is InChI=1S/C13H21N3O2/c14-13(16-18)10-12(15-8-4-5-9-17)11-6-2-1-3-7-11/h1-3,6-7,12,15,17-18H,4-5,8-10H2,(H2,14,16). The van der Waals surface area contributed by atoms with Crippen LogP contribution in [0.1, 0.15) is 30.9 Å². The van der Waals surface area contributed by atoms with E-state index in [-0.39, 0.29) is 18.5 Å². The molecule has 1 unspecified atom stereocenters. The molecular formula is C13H21N3O2. The molecule has 0 aliphatic carbocycles. The fourth-order valence-electron chi connectivity index (χ4n) is 1.76. The van der Waals surface area contributed by atoms with Gasteiger partial charge in [-0.25, -0.2) is 0 Å². The number of unbranched alkanes of at least 4 members (excludes halogenated alkanes) is 1. The molecule has 1 atom stereocenters. The Morgan fingerprint density at radius 2 is 2.00 bits per heavy atom. The van der Waals surface area contributed by atoms with Crippen LogP contribution in [-0.2, 0) is 0 Å². The van der Waals surface area contributed by atoms with E-state index in [2.05, 4.69) is 10.5 Å². The molecule has 18 heavy (non-hydrogen) atoms. The van der Waals surface area contributed by atoms with Crippen molar-refractivity contribution in [2.75, 3.05) is 13.2 Å². The molecule has 5 nitrogen and oxygen atoms in total. The first-order valence-corrected chi connectivity index (χ1v) is 6.13. The molecule has 0 bridgehead atoms. The van der Waals surface area contributed by atoms with E-state index in [1.54, 1.807) is 0 Å². The second kappa shape index (κ2) is 8.49. The maximum atomic E-state index is 8.73. The van der Waals surface area contributed by atoms with Crippen LogP contribution in [0.5, 0.6) is 0 Å². The molecule has 1 rings (SSSR count). The second-order valence-electron chi connectivity index (χ2n) is 4.14. The number of rotatable bonds is 8. The highest BCUT2D eigenvalue weighted by Crippen LogP contribution is 2.16. The summed E-state index contributed by atoms with van der Waals surface area (Å²) in [5, 5.41) is 23.7. The molecule has 0 amide bonds. The zero-order valence-corrected chi connectivity index (χ0v) is 10.4. The summed E-state index contributed by atoms with van der Waals surface area (Å²) in [6.07, 6.45) is 2.13. The van der Waals surface area contributed by atoms with Crippen molar-refractivity contribution in [2.24, 2.45) is 10.9 Å². The van der Waals surface area contributed by atoms with Gasteiger partial charge in [-0.15, -0.1) is 0 Å². The molecule has 0 saturated heterocycles. The summed E-state index contributed by atoms with van der Waals surface area (Å²) in [6.45, 7) is 0.997. The first-order chi connectivity index (χ1) is 8.77. The highest BCUT2D eigenvalue weighted by atomic mass is 16.4. The number of nitrogens with one attached hydrogen (secondary N) is 1. The van der Waals surface area contributed by atoms with E-state index in [4.69, 9.17) is 16.0 Å². The van der Waals surface area contributed by atoms with Crippen LogP contribution in [0.25, 0.3) is 0 Å². The van der Waals surface area contributed by atoms with Gasteiger partial charge < -0.3 is 21.4 Å². The lowest BCUT2D eigenvalue weighted by atomic mass is 10.0. The maximum absolute atomic E-state index is 8.73. The molecule has 0 aliphatic rings. The summed E-state index contributed by atoms with van der Waals surface area (Å²) in [5.74, 6) is 0.207. The molecule has 0 heterocycles. The molecule has 0 fully saturated rings. The van der Waals surface area contributed by atoms with Gasteiger partial charge in [0.2, 0.25) is 0 Å². The molecule has 5 heteroatoms. The number of benzene rings is 1. The van der Waals surface area contributed by atoms with Crippen LogP contribution in [0.15, 0.2) is 35.5 Å². The van der Waals surface area contributed by atoms with Crippen LogP contribution in [0.4, 0.5) is 0 Å². The van der Waals surface area contributed by atoms with Gasteiger partial charge in [0.25, 0.3) is 0 Å². The summed E-state index contributed by atoms with van der Waals surface area (Å²) in [5.41, 5.74) is 6.67. The topological polar surface area (TPSA) is 90.9 Å². The zero-order valence-electron chi connectivity index (χ0n) is 10.4. The molecule has 0 saturated carbocycles. The van der Waals surface area contributed by atoms with Crippen molar-refractivity contribution in [3.8, 4) is 0 Å². The average Bonchev–Trinajstić information content (AvgIpc) is 2.43. The van der Waals surface area contributed by atoms with Crippen LogP contribution >= 0.6 is 0 Å². The molecule has 0 aromatic heterocycles. The van der Waals surface area contributed by atoms with Crippen molar-refractivity contribution in [1.29, 1.82) is 0 Å². The van der Waals surface area contributed by atoms with Crippen LogP contribution in [0, 0.1) is 0 Å². The Morgan fingerprint density at radius 1 is 1.28 bits per heavy atom. The van der Waals surface area contributed by atoms with Crippen molar-refractivity contribution >= 4 is 5.84 Å². The zero-order chi connectivity index (χ0) is 13.2. The van der Waals surface area contributed by atoms with Crippen molar-refractivity contribution < 1.29 is 10.3 Å². The van der Waals surface area contributed by atoms with Gasteiger partial charge in [-0.1, -0.05) is 35.5 Å². The van der Waals surface area contributed by atoms with Gasteiger partial charge in [0, 0.05) is 19.1 Å². The van der Waals surface area contributed by atoms with Crippen LogP contribution < -0.4 is 11.1 Å². The third kappa shape index (κ3) is 5.16. The Kier molecular flexibility index (Phi) is 6.83. The van der Waals surface area contributed by atoms with Gasteiger partial charge in [-0.3, -0.25) is 0 Å². The fraction of sp³-hybridized carbons (Fsp3) is 0.462. The average molecular weight is 251 g/mol. The monoisotopic (exact) mass is 251 g/mol. The third-order valence-corrected chi connectivity index (χ3v) is 2.72. The lowest BCUT2D eigenvalue weighted by Crippen LogP contribution is -2.27. The van der Waals surface area contributed by atoms with Crippen LogP contribution in [-0.4, -0.2) is 29.3 Å². The van der Waals surface area contributed by atoms with Crippen molar-refractivity contribution in [3.05, 3.63) is 35.9 Å². The Hall–Kier alpha value is -1.59. The highest BCUT2D eigenvalue weighted by molar-refractivity contribution is 5.80. The van der Waals surface area contributed by atoms with E-state index in [0.717, 1.165) is 24.9 Å². The SMILES string of the molecule is N/C(CC(NCCCCO)c1ccccc1)=N/O. The Bertz CT molecular complexity index is 355. The normalized spacial score (nSPS) is 13.5. The third-order valence-electron chi connectivity index (χ3n) is 2.72. The van der Waals surface area contributed by atoms with E-state index in [0.29, 0.717) is 6.42 Å². The van der Waals surface area contributed by atoms with E-state index >= 15 is 0 Å². The Balaban J connectivity index is 2.58. The molecule has 0 spiro atoms. The lowest BCUT2D eigenvalue weighted by molar-refractivity contribution is 0.282. The van der Waals surface area contributed by atoms with E-state index in [9.17, 15) is 0 Å². The van der Waals surface area contributed by atoms with E-state index < -0.39 is 0 Å². The van der Waals surface area contributed by atoms with Gasteiger partial charge in [-0.2, -0.15) is 0 Å². The number of nitrogens with zero attached hydrogens (tertiary/aromatic N) is 1. The van der Waals surface area contributed by atoms with Crippen molar-refractivity contribution in [3.63, 3.8) is 0 Å². The summed E-state index contributed by atoms with van der Waals surface area (Å²) in [7, 11) is 0. The molecule has 1 aromatic carbocycles. The quantitative estimate of drug-likeness (QED) is 0.184. The number of hydrogen-bond acceptors (Lipinski definition) is 4. The number of aliphatic hydroxyl groups excluding tert-OH is 1. The predicted molar refractivity (Wildman–Crippen MR) is 71.5 cm³/mol. The summed E-state index contributed by atoms with van der Waals surface area (Å²) < 4.78 is 0. The van der Waals surface area contributed by atoms with Gasteiger partial charge in [0.05, 0.1) is 0 Å². The van der Waals surface area contributed by atoms with Gasteiger partial charge >= 0.3 is 0 Å². The molecule has 100 valence electrons. The summed E-state index contributed by atoms with van der Waals surface area (Å²) in [6, 6.07) is 9.92. The minimum atomic E-state index is 0.0285. The number of nitrogens with two attached hydrogens (primary N) is 1. The highest BCUT2D eigenvalue weighted by Gasteiger charge is 2.12. The summed E-state index contributed by atoms with van der Waals surface area (Å²) >= 11 is 0. The smallest absolute Gasteiger partial charge is 0.141 e. The maximum Gasteiger partial charge on any atom is 0.141 e. The molecular weight excluding hydrogens is 230 g/mol. The van der Waals surface area contributed by atoms with Crippen molar-refractivity contribution in [1.82, 2.24) is 5.32 Å². The molecule has 5 N–H and O–H groups in total. The fourth-order valence-corrected chi connectivity index (χ4v) is 1.76. The minimum Gasteiger partial charge on any atom is -0.409 e. The minimum absolute atomic E-state index is 0.0285. The Labute approximate surface area is 107 Å². The second-order valence-corrected chi connectivity index (χ2v) is 4.14. The molecule has 0 radical (unpaired) electrons. The Morgan fingerprint density at radius 3 is 2.61 bits per heavy atom. The van der Waals surface area contributed by atoms with E-state index in [1.807, 2.05) is 30.3 Å². The van der Waals surface area contributed by atoms with Crippen LogP contribution in [0.3, 0.4) is 0 Å². The first-order valence-electron chi connectivity index (χ1n) is 6.13. The van der Waals surface area contributed by atoms with Crippen molar-refractivity contribution in [2.45, 2.75) is 25.3 Å². The summed E-state index contributed by atoms with van der Waals surface area (Å²) in [4.78, 5) is 0. The predicted octanol–water partition coefficient (Wildman–Crippen LogP) is 1.23. The number of aliphatic hydroxyl groups is 1. The number of hydrogen-bond donors (Lipinski definition) is 4. The molecule has 0 aliphatic heterocycles. The van der Waals surface area contributed by atoms with Gasteiger partial charge in [0.1, 0.15) is 5.84 Å². The van der Waals surface area contributed by atoms with Gasteiger partial charge in [-0.05, 0) is 24.9 Å². The molecule has 1 aromatic rings. The first kappa shape index (κ1) is 14.5. The van der Waals surface area contributed by atoms with E-state index in [1.165, 1.54) is 0 Å². The van der Waals surface area contributed by atoms with Gasteiger partial charge in [0.15, 0.2) is 0 Å². The lowest BCUT2D eigenvalue weighted by Gasteiger charge is -2.18. The number of oxime groups is 1.